The van der Waals surface area contributed by atoms with Crippen molar-refractivity contribution in [1.82, 2.24) is 5.32 Å². The zero-order valence-corrected chi connectivity index (χ0v) is 14.8. The number of hydrogen-bond donors (Lipinski definition) is 1. The van der Waals surface area contributed by atoms with E-state index in [1.54, 1.807) is 29.5 Å². The highest BCUT2D eigenvalue weighted by molar-refractivity contribution is 7.80. The average Bonchev–Trinajstić information content (AvgIpc) is 3.03. The predicted molar refractivity (Wildman–Crippen MR) is 98.3 cm³/mol. The molecule has 0 radical (unpaired) electrons. The predicted octanol–water partition coefficient (Wildman–Crippen LogP) is 3.98. The van der Waals surface area contributed by atoms with Crippen molar-refractivity contribution in [2.24, 2.45) is 0 Å². The third-order valence-electron chi connectivity index (χ3n) is 3.44. The minimum absolute atomic E-state index is 0.233. The fourth-order valence-corrected chi connectivity index (χ4v) is 3.57. The summed E-state index contributed by atoms with van der Waals surface area (Å²) in [6.07, 6.45) is 1.81. The monoisotopic (exact) mass is 364 g/mol. The lowest BCUT2D eigenvalue weighted by molar-refractivity contribution is -0.113. The lowest BCUT2D eigenvalue weighted by Gasteiger charge is -2.17. The molecule has 1 saturated heterocycles. The summed E-state index contributed by atoms with van der Waals surface area (Å²) < 4.78 is 5.31. The molecule has 1 aromatic heterocycles. The maximum atomic E-state index is 12.7. The van der Waals surface area contributed by atoms with E-state index in [1.165, 1.54) is 12.0 Å². The van der Waals surface area contributed by atoms with Crippen molar-refractivity contribution in [2.45, 2.75) is 6.92 Å². The first-order valence-electron chi connectivity index (χ1n) is 6.76. The number of nitrogens with zero attached hydrogens (tertiary/aromatic N) is 1. The molecular formula is C16H13ClN2O2S2. The standard InChI is InChI=1S/C16H13ClN2O2S2/c1-9-5-6-23-14(9)8-11-15(20)19(16(22)18-11)12-7-10(17)3-4-13(12)21-2/h3-8H,1-2H3,(H,18,22)/b11-8-. The molecule has 3 rings (SSSR count). The van der Waals surface area contributed by atoms with Crippen LogP contribution >= 0.6 is 35.2 Å². The fraction of sp³-hybridized carbons (Fsp3) is 0.125. The Morgan fingerprint density at radius 1 is 1.39 bits per heavy atom. The molecule has 2 heterocycles. The lowest BCUT2D eigenvalue weighted by Crippen LogP contribution is -2.30. The van der Waals surface area contributed by atoms with Crippen LogP contribution in [-0.4, -0.2) is 18.1 Å². The van der Waals surface area contributed by atoms with Crippen molar-refractivity contribution in [3.63, 3.8) is 0 Å². The number of anilines is 1. The molecule has 1 N–H and O–H groups in total. The molecule has 1 amide bonds. The summed E-state index contributed by atoms with van der Waals surface area (Å²) >= 11 is 12.9. The summed E-state index contributed by atoms with van der Waals surface area (Å²) in [5.74, 6) is 0.295. The van der Waals surface area contributed by atoms with Crippen molar-refractivity contribution in [2.75, 3.05) is 12.0 Å². The number of thiophene rings is 1. The van der Waals surface area contributed by atoms with E-state index in [-0.39, 0.29) is 5.91 Å². The zero-order chi connectivity index (χ0) is 16.6. The van der Waals surface area contributed by atoms with Gasteiger partial charge in [-0.2, -0.15) is 0 Å². The number of benzene rings is 1. The van der Waals surface area contributed by atoms with E-state index in [9.17, 15) is 4.79 Å². The molecule has 1 fully saturated rings. The molecule has 2 aromatic rings. The number of carbonyl (C=O) groups excluding carboxylic acids is 1. The Morgan fingerprint density at radius 3 is 2.83 bits per heavy atom. The van der Waals surface area contributed by atoms with Crippen LogP contribution in [0.4, 0.5) is 5.69 Å². The first-order chi connectivity index (χ1) is 11.0. The third kappa shape index (κ3) is 2.97. The molecule has 7 heteroatoms. The number of thiocarbonyl (C=S) groups is 1. The molecule has 0 unspecified atom stereocenters. The van der Waals surface area contributed by atoms with Gasteiger partial charge in [0.2, 0.25) is 0 Å². The first-order valence-corrected chi connectivity index (χ1v) is 8.42. The normalized spacial score (nSPS) is 16.1. The van der Waals surface area contributed by atoms with Crippen LogP contribution < -0.4 is 15.0 Å². The molecule has 0 aliphatic carbocycles. The molecule has 1 aliphatic rings. The number of aryl methyl sites for hydroxylation is 1. The SMILES string of the molecule is COc1ccc(Cl)cc1N1C(=O)/C(=C/c2sccc2C)NC1=S. The van der Waals surface area contributed by atoms with E-state index in [2.05, 4.69) is 5.32 Å². The van der Waals surface area contributed by atoms with Crippen LogP contribution in [0.3, 0.4) is 0 Å². The van der Waals surface area contributed by atoms with Gasteiger partial charge in [-0.3, -0.25) is 4.79 Å². The number of ether oxygens (including phenoxy) is 1. The Bertz CT molecular complexity index is 829. The Morgan fingerprint density at radius 2 is 2.17 bits per heavy atom. The molecule has 0 spiro atoms. The van der Waals surface area contributed by atoms with E-state index >= 15 is 0 Å². The van der Waals surface area contributed by atoms with Gasteiger partial charge >= 0.3 is 0 Å². The summed E-state index contributed by atoms with van der Waals surface area (Å²) in [4.78, 5) is 15.2. The second-order valence-corrected chi connectivity index (χ2v) is 6.68. The lowest BCUT2D eigenvalue weighted by atomic mass is 10.2. The number of rotatable bonds is 3. The molecule has 0 saturated carbocycles. The maximum Gasteiger partial charge on any atom is 0.281 e. The van der Waals surface area contributed by atoms with Crippen LogP contribution in [0.2, 0.25) is 5.02 Å². The number of hydrogen-bond acceptors (Lipinski definition) is 4. The Labute approximate surface area is 148 Å². The van der Waals surface area contributed by atoms with Gasteiger partial charge in [-0.15, -0.1) is 11.3 Å². The quantitative estimate of drug-likeness (QED) is 0.660. The Kier molecular flexibility index (Phi) is 4.39. The zero-order valence-electron chi connectivity index (χ0n) is 12.4. The summed E-state index contributed by atoms with van der Waals surface area (Å²) in [7, 11) is 1.54. The van der Waals surface area contributed by atoms with Crippen molar-refractivity contribution >= 4 is 57.9 Å². The molecule has 0 atom stereocenters. The number of amides is 1. The second kappa shape index (κ2) is 6.31. The van der Waals surface area contributed by atoms with Crippen LogP contribution in [0, 0.1) is 6.92 Å². The van der Waals surface area contributed by atoms with Crippen molar-refractivity contribution in [3.05, 3.63) is 50.8 Å². The number of carbonyl (C=O) groups is 1. The first kappa shape index (κ1) is 16.0. The van der Waals surface area contributed by atoms with Gasteiger partial charge in [0.1, 0.15) is 11.4 Å². The highest BCUT2D eigenvalue weighted by Gasteiger charge is 2.34. The summed E-state index contributed by atoms with van der Waals surface area (Å²) in [5, 5.41) is 5.75. The van der Waals surface area contributed by atoms with Gasteiger partial charge in [0.25, 0.3) is 5.91 Å². The van der Waals surface area contributed by atoms with Gasteiger partial charge in [-0.1, -0.05) is 11.6 Å². The van der Waals surface area contributed by atoms with Gasteiger partial charge in [-0.05, 0) is 60.4 Å². The van der Waals surface area contributed by atoms with Gasteiger partial charge < -0.3 is 10.1 Å². The molecule has 1 aliphatic heterocycles. The van der Waals surface area contributed by atoms with Crippen LogP contribution in [0.15, 0.2) is 35.3 Å². The van der Waals surface area contributed by atoms with Gasteiger partial charge in [0, 0.05) is 9.90 Å². The number of halogens is 1. The molecule has 118 valence electrons. The van der Waals surface area contributed by atoms with E-state index in [0.717, 1.165) is 10.4 Å². The van der Waals surface area contributed by atoms with Crippen molar-refractivity contribution < 1.29 is 9.53 Å². The minimum Gasteiger partial charge on any atom is -0.495 e. The highest BCUT2D eigenvalue weighted by Crippen LogP contribution is 2.34. The minimum atomic E-state index is -0.233. The van der Waals surface area contributed by atoms with Crippen molar-refractivity contribution in [3.8, 4) is 5.75 Å². The Hall–Kier alpha value is -1.89. The molecule has 1 aromatic carbocycles. The largest absolute Gasteiger partial charge is 0.495 e. The summed E-state index contributed by atoms with van der Waals surface area (Å²) in [5.41, 5.74) is 2.07. The topological polar surface area (TPSA) is 41.6 Å². The Balaban J connectivity index is 2.01. The van der Waals surface area contributed by atoms with E-state index in [4.69, 9.17) is 28.6 Å². The van der Waals surface area contributed by atoms with Crippen LogP contribution in [-0.2, 0) is 4.79 Å². The van der Waals surface area contributed by atoms with Gasteiger partial charge in [-0.25, -0.2) is 4.90 Å². The van der Waals surface area contributed by atoms with E-state index < -0.39 is 0 Å². The van der Waals surface area contributed by atoms with Crippen LogP contribution in [0.25, 0.3) is 6.08 Å². The van der Waals surface area contributed by atoms with Crippen molar-refractivity contribution in [1.29, 1.82) is 0 Å². The van der Waals surface area contributed by atoms with Crippen LogP contribution in [0.1, 0.15) is 10.4 Å². The fourth-order valence-electron chi connectivity index (χ4n) is 2.26. The van der Waals surface area contributed by atoms with Gasteiger partial charge in [0.15, 0.2) is 5.11 Å². The molecular weight excluding hydrogens is 352 g/mol. The third-order valence-corrected chi connectivity index (χ3v) is 4.92. The van der Waals surface area contributed by atoms with E-state index in [1.807, 2.05) is 24.4 Å². The second-order valence-electron chi connectivity index (χ2n) is 4.91. The molecule has 4 nitrogen and oxygen atoms in total. The summed E-state index contributed by atoms with van der Waals surface area (Å²) in [6, 6.07) is 7.07. The number of nitrogens with one attached hydrogen (secondary N) is 1. The summed E-state index contributed by atoms with van der Waals surface area (Å²) in [6.45, 7) is 2.00. The van der Waals surface area contributed by atoms with Gasteiger partial charge in [0.05, 0.1) is 12.8 Å². The maximum absolute atomic E-state index is 12.7. The van der Waals surface area contributed by atoms with E-state index in [0.29, 0.717) is 27.3 Å². The molecule has 23 heavy (non-hydrogen) atoms. The number of methoxy groups -OCH3 is 1. The highest BCUT2D eigenvalue weighted by atomic mass is 35.5. The average molecular weight is 365 g/mol. The smallest absolute Gasteiger partial charge is 0.281 e. The van der Waals surface area contributed by atoms with Crippen LogP contribution in [0.5, 0.6) is 5.75 Å². The molecule has 0 bridgehead atoms.